The molecule has 5 amide bonds. The van der Waals surface area contributed by atoms with E-state index in [4.69, 9.17) is 0 Å². The molecular formula is C36H62N6O6. The van der Waals surface area contributed by atoms with Gasteiger partial charge in [0, 0.05) is 19.0 Å². The van der Waals surface area contributed by atoms with Crippen LogP contribution in [0, 0.1) is 35.5 Å². The van der Waals surface area contributed by atoms with E-state index in [1.54, 1.807) is 40.0 Å². The standard InChI is InChI=1S/C36H62N6O6/c1-12-24(10)32(34(46)38-19-26-15-13-14-16-37-26)42-33(45)27(21(4)5)18-29(44)28(17-20(2)3)40-35(47)31(23(8)9)41-36(48)30(22(6)7)39-25(11)43/h13-16,20-24,27-32,44H,12,17-19H2,1-11H3,(H,38,46)(H,39,43)(H,40,47)(H,41,48)(H,42,45)/t24-,27-,28-,29-,30-,31-,32-/m0/s1. The Hall–Kier alpha value is -3.54. The largest absolute Gasteiger partial charge is 0.391 e. The predicted octanol–water partition coefficient (Wildman–Crippen LogP) is 3.08. The van der Waals surface area contributed by atoms with Crippen molar-refractivity contribution < 1.29 is 29.1 Å². The molecule has 1 aromatic heterocycles. The molecule has 0 aliphatic carbocycles. The summed E-state index contributed by atoms with van der Waals surface area (Å²) in [5, 5.41) is 25.8. The molecule has 0 aliphatic heterocycles. The van der Waals surface area contributed by atoms with Crippen molar-refractivity contribution in [3.05, 3.63) is 30.1 Å². The van der Waals surface area contributed by atoms with E-state index in [2.05, 4.69) is 31.6 Å². The van der Waals surface area contributed by atoms with Crippen molar-refractivity contribution in [2.45, 2.75) is 132 Å². The molecule has 0 spiro atoms. The molecule has 0 aromatic carbocycles. The third kappa shape index (κ3) is 14.3. The zero-order chi connectivity index (χ0) is 36.7. The Balaban J connectivity index is 3.13. The lowest BCUT2D eigenvalue weighted by molar-refractivity contribution is -0.135. The lowest BCUT2D eigenvalue weighted by Gasteiger charge is -2.33. The Labute approximate surface area is 287 Å². The number of hydrogen-bond acceptors (Lipinski definition) is 7. The van der Waals surface area contributed by atoms with Gasteiger partial charge in [0.05, 0.1) is 24.4 Å². The van der Waals surface area contributed by atoms with Gasteiger partial charge in [-0.1, -0.05) is 81.7 Å². The van der Waals surface area contributed by atoms with Crippen LogP contribution in [0.3, 0.4) is 0 Å². The monoisotopic (exact) mass is 674 g/mol. The molecule has 0 bridgehead atoms. The summed E-state index contributed by atoms with van der Waals surface area (Å²) in [5.41, 5.74) is 0.702. The summed E-state index contributed by atoms with van der Waals surface area (Å²) in [6.07, 6.45) is 1.72. The Morgan fingerprint density at radius 2 is 1.27 bits per heavy atom. The van der Waals surface area contributed by atoms with Gasteiger partial charge >= 0.3 is 0 Å². The van der Waals surface area contributed by atoms with E-state index < -0.39 is 48.0 Å². The lowest BCUT2D eigenvalue weighted by atomic mass is 9.84. The number of aliphatic hydroxyl groups is 1. The molecular weight excluding hydrogens is 612 g/mol. The normalized spacial score (nSPS) is 16.0. The maximum Gasteiger partial charge on any atom is 0.243 e. The number of rotatable bonds is 20. The maximum atomic E-state index is 13.7. The van der Waals surface area contributed by atoms with Crippen LogP contribution >= 0.6 is 0 Å². The summed E-state index contributed by atoms with van der Waals surface area (Å²) in [6.45, 7) is 20.4. The minimum Gasteiger partial charge on any atom is -0.391 e. The zero-order valence-corrected chi connectivity index (χ0v) is 30.9. The molecule has 0 unspecified atom stereocenters. The molecule has 12 heteroatoms. The van der Waals surface area contributed by atoms with Crippen molar-refractivity contribution in [3.8, 4) is 0 Å². The Morgan fingerprint density at radius 1 is 0.708 bits per heavy atom. The van der Waals surface area contributed by atoms with Crippen LogP contribution in [0.1, 0.15) is 101 Å². The molecule has 12 nitrogen and oxygen atoms in total. The summed E-state index contributed by atoms with van der Waals surface area (Å²) in [4.78, 5) is 69.7. The number of amides is 5. The molecule has 0 saturated carbocycles. The van der Waals surface area contributed by atoms with Crippen LogP contribution in [0.5, 0.6) is 0 Å². The van der Waals surface area contributed by atoms with E-state index in [0.29, 0.717) is 18.5 Å². The molecule has 7 atom stereocenters. The summed E-state index contributed by atoms with van der Waals surface area (Å²) in [6, 6.07) is 2.24. The quantitative estimate of drug-likeness (QED) is 0.123. The first-order valence-electron chi connectivity index (χ1n) is 17.4. The number of carbonyl (C=O) groups is 5. The minimum absolute atomic E-state index is 0.0562. The smallest absolute Gasteiger partial charge is 0.243 e. The Bertz CT molecular complexity index is 1170. The van der Waals surface area contributed by atoms with Crippen LogP contribution in [0.25, 0.3) is 0 Å². The highest BCUT2D eigenvalue weighted by Gasteiger charge is 2.36. The van der Waals surface area contributed by atoms with Crippen molar-refractivity contribution in [2.24, 2.45) is 35.5 Å². The van der Waals surface area contributed by atoms with E-state index in [-0.39, 0.29) is 60.3 Å². The molecule has 1 aromatic rings. The second-order valence-electron chi connectivity index (χ2n) is 14.5. The Morgan fingerprint density at radius 3 is 1.75 bits per heavy atom. The van der Waals surface area contributed by atoms with Gasteiger partial charge in [-0.2, -0.15) is 0 Å². The number of nitrogens with one attached hydrogen (secondary N) is 5. The van der Waals surface area contributed by atoms with Crippen molar-refractivity contribution in [3.63, 3.8) is 0 Å². The van der Waals surface area contributed by atoms with Crippen molar-refractivity contribution in [2.75, 3.05) is 0 Å². The fraction of sp³-hybridized carbons (Fsp3) is 0.722. The topological polar surface area (TPSA) is 179 Å². The second-order valence-corrected chi connectivity index (χ2v) is 14.5. The first-order chi connectivity index (χ1) is 22.4. The van der Waals surface area contributed by atoms with Gasteiger partial charge < -0.3 is 31.7 Å². The number of aromatic nitrogens is 1. The van der Waals surface area contributed by atoms with Gasteiger partial charge in [0.2, 0.25) is 29.5 Å². The first-order valence-corrected chi connectivity index (χ1v) is 17.4. The second kappa shape index (κ2) is 20.7. The molecule has 1 rings (SSSR count). The van der Waals surface area contributed by atoms with Crippen LogP contribution < -0.4 is 26.6 Å². The lowest BCUT2D eigenvalue weighted by Crippen LogP contribution is -2.59. The van der Waals surface area contributed by atoms with E-state index in [9.17, 15) is 29.1 Å². The molecule has 272 valence electrons. The fourth-order valence-electron chi connectivity index (χ4n) is 5.48. The average Bonchev–Trinajstić information content (AvgIpc) is 3.01. The van der Waals surface area contributed by atoms with Crippen molar-refractivity contribution >= 4 is 29.5 Å². The molecule has 0 fully saturated rings. The maximum absolute atomic E-state index is 13.7. The van der Waals surface area contributed by atoms with Crippen LogP contribution in [-0.4, -0.2) is 69.9 Å². The number of carbonyl (C=O) groups excluding carboxylic acids is 5. The number of pyridine rings is 1. The van der Waals surface area contributed by atoms with Crippen molar-refractivity contribution in [1.29, 1.82) is 0 Å². The third-order valence-electron chi connectivity index (χ3n) is 8.67. The molecule has 1 heterocycles. The average molecular weight is 675 g/mol. The highest BCUT2D eigenvalue weighted by Crippen LogP contribution is 2.23. The molecule has 48 heavy (non-hydrogen) atoms. The third-order valence-corrected chi connectivity index (χ3v) is 8.67. The van der Waals surface area contributed by atoms with Gasteiger partial charge in [0.15, 0.2) is 0 Å². The van der Waals surface area contributed by atoms with Gasteiger partial charge in [-0.05, 0) is 54.6 Å². The minimum atomic E-state index is -1.08. The predicted molar refractivity (Wildman–Crippen MR) is 187 cm³/mol. The van der Waals surface area contributed by atoms with Gasteiger partial charge in [-0.15, -0.1) is 0 Å². The van der Waals surface area contributed by atoms with Gasteiger partial charge in [-0.3, -0.25) is 29.0 Å². The van der Waals surface area contributed by atoms with Crippen LogP contribution in [0.4, 0.5) is 0 Å². The fourth-order valence-corrected chi connectivity index (χ4v) is 5.48. The number of aliphatic hydroxyl groups excluding tert-OH is 1. The van der Waals surface area contributed by atoms with E-state index >= 15 is 0 Å². The summed E-state index contributed by atoms with van der Waals surface area (Å²) in [5.74, 6) is -3.28. The van der Waals surface area contributed by atoms with E-state index in [1.807, 2.05) is 53.7 Å². The van der Waals surface area contributed by atoms with Gasteiger partial charge in [0.1, 0.15) is 18.1 Å². The zero-order valence-electron chi connectivity index (χ0n) is 30.9. The highest BCUT2D eigenvalue weighted by atomic mass is 16.3. The first kappa shape index (κ1) is 42.5. The summed E-state index contributed by atoms with van der Waals surface area (Å²) >= 11 is 0. The number of hydrogen-bond donors (Lipinski definition) is 6. The van der Waals surface area contributed by atoms with E-state index in [0.717, 1.165) is 0 Å². The SMILES string of the molecule is CC[C@H](C)[C@H](NC(=O)[C@@H](C[C@H](O)[C@H](CC(C)C)NC(=O)[C@@H](NC(=O)[C@@H](NC(C)=O)C(C)C)C(C)C)C(C)C)C(=O)NCc1ccccn1. The summed E-state index contributed by atoms with van der Waals surface area (Å²) in [7, 11) is 0. The summed E-state index contributed by atoms with van der Waals surface area (Å²) < 4.78 is 0. The van der Waals surface area contributed by atoms with Crippen LogP contribution in [-0.2, 0) is 30.5 Å². The molecule has 0 radical (unpaired) electrons. The molecule has 6 N–H and O–H groups in total. The van der Waals surface area contributed by atoms with Crippen molar-refractivity contribution in [1.82, 2.24) is 31.6 Å². The highest BCUT2D eigenvalue weighted by molar-refractivity contribution is 5.92. The van der Waals surface area contributed by atoms with Crippen LogP contribution in [0.15, 0.2) is 24.4 Å². The van der Waals surface area contributed by atoms with Crippen LogP contribution in [0.2, 0.25) is 0 Å². The molecule has 0 saturated heterocycles. The van der Waals surface area contributed by atoms with E-state index in [1.165, 1.54) is 6.92 Å². The Kier molecular flexibility index (Phi) is 18.4. The molecule has 0 aliphatic rings. The number of nitrogens with zero attached hydrogens (tertiary/aromatic N) is 1. The van der Waals surface area contributed by atoms with Gasteiger partial charge in [-0.25, -0.2) is 0 Å². The van der Waals surface area contributed by atoms with Gasteiger partial charge in [0.25, 0.3) is 0 Å².